The predicted octanol–water partition coefficient (Wildman–Crippen LogP) is 3.64. The zero-order valence-corrected chi connectivity index (χ0v) is 19.7. The van der Waals surface area contributed by atoms with Crippen molar-refractivity contribution in [3.8, 4) is 11.5 Å². The van der Waals surface area contributed by atoms with Gasteiger partial charge in [0.2, 0.25) is 0 Å². The fraction of sp³-hybridized carbons (Fsp3) is 0.520. The van der Waals surface area contributed by atoms with Crippen LogP contribution in [0.4, 0.5) is 0 Å². The van der Waals surface area contributed by atoms with E-state index in [1.807, 2.05) is 18.2 Å². The summed E-state index contributed by atoms with van der Waals surface area (Å²) in [6.07, 6.45) is 9.21. The third kappa shape index (κ3) is 6.47. The van der Waals surface area contributed by atoms with E-state index in [2.05, 4.69) is 5.32 Å². The van der Waals surface area contributed by atoms with Crippen LogP contribution < -0.4 is 11.1 Å². The Labute approximate surface area is 191 Å². The van der Waals surface area contributed by atoms with E-state index < -0.39 is 9.84 Å². The monoisotopic (exact) mass is 460 g/mol. The largest absolute Gasteiger partial charge is 0.504 e. The van der Waals surface area contributed by atoms with E-state index >= 15 is 0 Å². The van der Waals surface area contributed by atoms with E-state index in [-0.39, 0.29) is 23.5 Å². The first-order valence-corrected chi connectivity index (χ1v) is 13.5. The first kappa shape index (κ1) is 24.6. The summed E-state index contributed by atoms with van der Waals surface area (Å²) in [6.45, 7) is 1.85. The Balaban J connectivity index is 1.30. The third-order valence-corrected chi connectivity index (χ3v) is 7.63. The number of hydrogen-bond acceptors (Lipinski definition) is 6. The van der Waals surface area contributed by atoms with Crippen LogP contribution >= 0.6 is 0 Å². The predicted molar refractivity (Wildman–Crippen MR) is 128 cm³/mol. The van der Waals surface area contributed by atoms with Crippen LogP contribution in [0.25, 0.3) is 0 Å². The quantitative estimate of drug-likeness (QED) is 0.301. The molecule has 0 aliphatic heterocycles. The van der Waals surface area contributed by atoms with Crippen molar-refractivity contribution in [2.75, 3.05) is 19.3 Å². The summed E-state index contributed by atoms with van der Waals surface area (Å²) in [5, 5.41) is 23.4. The van der Waals surface area contributed by atoms with E-state index in [1.54, 1.807) is 18.2 Å². The molecule has 7 heteroatoms. The standard InChI is InChI=1S/C25H36N2O4S/c1-32(30,31)19-9-7-18(8-10-19)15-17-27-16-5-3-2-4-6-21-20-12-14-24(28)25(29)22(20)11-13-23(21)26/h7-10,12,14,21,23,27-29H,2-6,11,13,15-17,26H2,1H3. The average molecular weight is 461 g/mol. The van der Waals surface area contributed by atoms with E-state index in [9.17, 15) is 18.6 Å². The number of nitrogens with one attached hydrogen (secondary N) is 1. The van der Waals surface area contributed by atoms with Crippen molar-refractivity contribution >= 4 is 9.84 Å². The van der Waals surface area contributed by atoms with E-state index in [0.717, 1.165) is 81.1 Å². The van der Waals surface area contributed by atoms with Crippen molar-refractivity contribution in [3.05, 3.63) is 53.1 Å². The summed E-state index contributed by atoms with van der Waals surface area (Å²) in [7, 11) is -3.13. The molecule has 32 heavy (non-hydrogen) atoms. The van der Waals surface area contributed by atoms with Crippen LogP contribution in [0.5, 0.6) is 11.5 Å². The molecule has 1 aliphatic rings. The average Bonchev–Trinajstić information content (AvgIpc) is 2.76. The van der Waals surface area contributed by atoms with Gasteiger partial charge in [0, 0.05) is 17.9 Å². The normalized spacial score (nSPS) is 18.4. The molecule has 2 aromatic carbocycles. The van der Waals surface area contributed by atoms with Crippen LogP contribution in [0.2, 0.25) is 0 Å². The number of benzene rings is 2. The molecule has 0 aromatic heterocycles. The van der Waals surface area contributed by atoms with Gasteiger partial charge in [-0.05, 0) is 80.4 Å². The van der Waals surface area contributed by atoms with E-state index in [1.165, 1.54) is 6.26 Å². The van der Waals surface area contributed by atoms with Gasteiger partial charge in [0.25, 0.3) is 0 Å². The van der Waals surface area contributed by atoms with Gasteiger partial charge >= 0.3 is 0 Å². The summed E-state index contributed by atoms with van der Waals surface area (Å²) in [5.74, 6) is 0.227. The lowest BCUT2D eigenvalue weighted by atomic mass is 9.76. The van der Waals surface area contributed by atoms with Gasteiger partial charge in [-0.1, -0.05) is 37.5 Å². The highest BCUT2D eigenvalue weighted by Crippen LogP contribution is 2.42. The Morgan fingerprint density at radius 3 is 2.44 bits per heavy atom. The summed E-state index contributed by atoms with van der Waals surface area (Å²) < 4.78 is 23.0. The smallest absolute Gasteiger partial charge is 0.175 e. The molecule has 0 radical (unpaired) electrons. The minimum Gasteiger partial charge on any atom is -0.504 e. The fourth-order valence-electron chi connectivity index (χ4n) is 4.59. The number of unbranched alkanes of at least 4 members (excludes halogenated alkanes) is 3. The summed E-state index contributed by atoms with van der Waals surface area (Å²) in [6, 6.07) is 10.7. The highest BCUT2D eigenvalue weighted by atomic mass is 32.2. The molecule has 176 valence electrons. The number of fused-ring (bicyclic) bond motifs is 1. The van der Waals surface area contributed by atoms with Gasteiger partial charge in [0.15, 0.2) is 21.3 Å². The number of phenols is 2. The third-order valence-electron chi connectivity index (χ3n) is 6.50. The second kappa shape index (κ2) is 11.2. The van der Waals surface area contributed by atoms with Crippen LogP contribution in [0.15, 0.2) is 41.3 Å². The lowest BCUT2D eigenvalue weighted by Gasteiger charge is -2.32. The molecule has 0 spiro atoms. The Morgan fingerprint density at radius 2 is 1.72 bits per heavy atom. The molecule has 0 bridgehead atoms. The Kier molecular flexibility index (Phi) is 8.57. The molecule has 5 N–H and O–H groups in total. The van der Waals surface area contributed by atoms with Gasteiger partial charge < -0.3 is 21.3 Å². The maximum absolute atomic E-state index is 11.5. The van der Waals surface area contributed by atoms with Crippen LogP contribution in [0, 0.1) is 0 Å². The Morgan fingerprint density at radius 1 is 1.00 bits per heavy atom. The van der Waals surface area contributed by atoms with Crippen molar-refractivity contribution in [1.29, 1.82) is 0 Å². The zero-order chi connectivity index (χ0) is 23.1. The van der Waals surface area contributed by atoms with Crippen molar-refractivity contribution in [1.82, 2.24) is 5.32 Å². The molecule has 1 aliphatic carbocycles. The number of sulfone groups is 1. The number of nitrogens with two attached hydrogens (primary N) is 1. The highest BCUT2D eigenvalue weighted by molar-refractivity contribution is 7.90. The summed E-state index contributed by atoms with van der Waals surface area (Å²) >= 11 is 0. The first-order chi connectivity index (χ1) is 15.3. The van der Waals surface area contributed by atoms with E-state index in [4.69, 9.17) is 5.73 Å². The Hall–Kier alpha value is -2.09. The molecule has 0 saturated heterocycles. The zero-order valence-electron chi connectivity index (χ0n) is 18.9. The lowest BCUT2D eigenvalue weighted by Crippen LogP contribution is -2.33. The number of aromatic hydroxyl groups is 2. The molecule has 2 aromatic rings. The van der Waals surface area contributed by atoms with Crippen molar-refractivity contribution in [2.24, 2.45) is 5.73 Å². The Bertz CT molecular complexity index is 990. The van der Waals surface area contributed by atoms with Gasteiger partial charge in [0.05, 0.1) is 4.90 Å². The fourth-order valence-corrected chi connectivity index (χ4v) is 5.22. The molecule has 0 fully saturated rings. The molecular formula is C25H36N2O4S. The van der Waals surface area contributed by atoms with Crippen LogP contribution in [0.3, 0.4) is 0 Å². The molecule has 0 saturated carbocycles. The molecule has 6 nitrogen and oxygen atoms in total. The number of hydrogen-bond donors (Lipinski definition) is 4. The highest BCUT2D eigenvalue weighted by Gasteiger charge is 2.29. The van der Waals surface area contributed by atoms with Crippen LogP contribution in [-0.2, 0) is 22.7 Å². The van der Waals surface area contributed by atoms with Crippen molar-refractivity contribution < 1.29 is 18.6 Å². The lowest BCUT2D eigenvalue weighted by molar-refractivity contribution is 0.380. The second-order valence-electron chi connectivity index (χ2n) is 8.93. The van der Waals surface area contributed by atoms with Gasteiger partial charge in [-0.3, -0.25) is 0 Å². The molecule has 2 atom stereocenters. The van der Waals surface area contributed by atoms with Crippen molar-refractivity contribution in [3.63, 3.8) is 0 Å². The molecular weight excluding hydrogens is 424 g/mol. The van der Waals surface area contributed by atoms with Gasteiger partial charge in [-0.15, -0.1) is 0 Å². The minimum absolute atomic E-state index is 0.0248. The number of phenolic OH excluding ortho intramolecular Hbond substituents is 2. The molecule has 2 unspecified atom stereocenters. The van der Waals surface area contributed by atoms with Gasteiger partial charge in [0.1, 0.15) is 0 Å². The van der Waals surface area contributed by atoms with E-state index in [0.29, 0.717) is 4.90 Å². The minimum atomic E-state index is -3.13. The van der Waals surface area contributed by atoms with Crippen LogP contribution in [0.1, 0.15) is 61.1 Å². The molecule has 0 amide bonds. The topological polar surface area (TPSA) is 113 Å². The van der Waals surface area contributed by atoms with Crippen LogP contribution in [-0.4, -0.2) is 44.0 Å². The maximum atomic E-state index is 11.5. The molecule has 0 heterocycles. The molecule has 3 rings (SSSR count). The summed E-state index contributed by atoms with van der Waals surface area (Å²) in [5.41, 5.74) is 9.47. The number of rotatable bonds is 11. The van der Waals surface area contributed by atoms with Crippen molar-refractivity contribution in [2.45, 2.75) is 68.2 Å². The van der Waals surface area contributed by atoms with Gasteiger partial charge in [-0.25, -0.2) is 8.42 Å². The first-order valence-electron chi connectivity index (χ1n) is 11.6. The SMILES string of the molecule is CS(=O)(=O)c1ccc(CCNCCCCCCC2c3ccc(O)c(O)c3CCC2N)cc1. The second-order valence-corrected chi connectivity index (χ2v) is 10.9. The summed E-state index contributed by atoms with van der Waals surface area (Å²) in [4.78, 5) is 0.363. The van der Waals surface area contributed by atoms with Gasteiger partial charge in [-0.2, -0.15) is 0 Å². The maximum Gasteiger partial charge on any atom is 0.175 e.